The largest absolute Gasteiger partial charge is 0.339 e. The fraction of sp³-hybridized carbons (Fsp3) is 0.250. The van der Waals surface area contributed by atoms with Crippen molar-refractivity contribution in [3.8, 4) is 11.4 Å². The van der Waals surface area contributed by atoms with E-state index in [0.717, 1.165) is 5.56 Å². The molecule has 4 heterocycles. The zero-order chi connectivity index (χ0) is 16.7. The number of thiophene rings is 1. The number of likely N-dealkylation sites (tertiary alicyclic amines) is 1. The maximum Gasteiger partial charge on any atom is 0.263 e. The smallest absolute Gasteiger partial charge is 0.263 e. The number of carbonyl (C=O) groups excluding carboxylic acids is 1. The molecule has 4 rings (SSSR count). The molecule has 1 fully saturated rings. The molecule has 1 saturated heterocycles. The van der Waals surface area contributed by atoms with Gasteiger partial charge in [0, 0.05) is 37.3 Å². The Bertz CT molecular complexity index is 938. The maximum absolute atomic E-state index is 12.4. The molecule has 0 unspecified atom stereocenters. The molecule has 122 valence electrons. The van der Waals surface area contributed by atoms with Gasteiger partial charge in [0.2, 0.25) is 11.7 Å². The van der Waals surface area contributed by atoms with Crippen LogP contribution < -0.4 is 5.56 Å². The predicted octanol–water partition coefficient (Wildman–Crippen LogP) is 1.74. The molecule has 0 aromatic carbocycles. The molecule has 3 aromatic rings. The Labute approximate surface area is 141 Å². The molecule has 0 bridgehead atoms. The number of aromatic nitrogens is 3. The molecule has 0 aliphatic carbocycles. The molecular weight excluding hydrogens is 328 g/mol. The molecule has 7 nitrogen and oxygen atoms in total. The van der Waals surface area contributed by atoms with Gasteiger partial charge in [0.15, 0.2) is 0 Å². The van der Waals surface area contributed by atoms with Crippen molar-refractivity contribution < 1.29 is 9.32 Å². The Kier molecular flexibility index (Phi) is 3.53. The van der Waals surface area contributed by atoms with Crippen LogP contribution >= 0.6 is 11.3 Å². The number of nitrogens with zero attached hydrogens (tertiary/aromatic N) is 4. The second-order valence-electron chi connectivity index (χ2n) is 5.71. The van der Waals surface area contributed by atoms with Gasteiger partial charge in [-0.2, -0.15) is 16.3 Å². The van der Waals surface area contributed by atoms with Gasteiger partial charge in [0.1, 0.15) is 5.56 Å². The molecule has 1 aliphatic heterocycles. The minimum absolute atomic E-state index is 0.0152. The second kappa shape index (κ2) is 5.72. The van der Waals surface area contributed by atoms with Gasteiger partial charge >= 0.3 is 0 Å². The van der Waals surface area contributed by atoms with Crippen LogP contribution in [0, 0.1) is 0 Å². The lowest BCUT2D eigenvalue weighted by molar-refractivity contribution is 0.0567. The summed E-state index contributed by atoms with van der Waals surface area (Å²) in [5.74, 6) is 0.848. The van der Waals surface area contributed by atoms with Crippen molar-refractivity contribution >= 4 is 17.2 Å². The summed E-state index contributed by atoms with van der Waals surface area (Å²) in [7, 11) is 1.63. The van der Waals surface area contributed by atoms with Crippen LogP contribution in [0.5, 0.6) is 0 Å². The van der Waals surface area contributed by atoms with Crippen LogP contribution in [0.3, 0.4) is 0 Å². The Morgan fingerprint density at radius 3 is 2.96 bits per heavy atom. The molecule has 0 radical (unpaired) electrons. The van der Waals surface area contributed by atoms with E-state index in [0.29, 0.717) is 24.8 Å². The molecule has 24 heavy (non-hydrogen) atoms. The third-order valence-electron chi connectivity index (χ3n) is 4.09. The third kappa shape index (κ3) is 2.44. The molecular formula is C16H14N4O3S. The number of hydrogen-bond donors (Lipinski definition) is 0. The molecule has 8 heteroatoms. The SMILES string of the molecule is Cn1cccc(C(=O)N2CC(c3nc(-c4ccsc4)no3)C2)c1=O. The monoisotopic (exact) mass is 342 g/mol. The first-order valence-electron chi connectivity index (χ1n) is 7.44. The fourth-order valence-electron chi connectivity index (χ4n) is 2.64. The van der Waals surface area contributed by atoms with Crippen LogP contribution in [0.15, 0.2) is 44.5 Å². The molecule has 0 N–H and O–H groups in total. The van der Waals surface area contributed by atoms with Crippen molar-refractivity contribution in [1.29, 1.82) is 0 Å². The number of rotatable bonds is 3. The molecule has 0 spiro atoms. The van der Waals surface area contributed by atoms with Crippen molar-refractivity contribution in [3.63, 3.8) is 0 Å². The molecule has 3 aromatic heterocycles. The lowest BCUT2D eigenvalue weighted by Gasteiger charge is -2.36. The Hall–Kier alpha value is -2.74. The van der Waals surface area contributed by atoms with Gasteiger partial charge in [0.05, 0.1) is 5.92 Å². The zero-order valence-electron chi connectivity index (χ0n) is 12.9. The Balaban J connectivity index is 1.46. The molecule has 0 saturated carbocycles. The zero-order valence-corrected chi connectivity index (χ0v) is 13.7. The van der Waals surface area contributed by atoms with E-state index in [9.17, 15) is 9.59 Å². The standard InChI is InChI=1S/C16H14N4O3S/c1-19-5-2-3-12(15(19)21)16(22)20-7-11(8-20)14-17-13(18-23-14)10-4-6-24-9-10/h2-6,9,11H,7-8H2,1H3. The van der Waals surface area contributed by atoms with Crippen molar-refractivity contribution in [3.05, 3.63) is 57.0 Å². The lowest BCUT2D eigenvalue weighted by Crippen LogP contribution is -2.50. The van der Waals surface area contributed by atoms with E-state index in [4.69, 9.17) is 4.52 Å². The summed E-state index contributed by atoms with van der Waals surface area (Å²) in [6.07, 6.45) is 1.63. The summed E-state index contributed by atoms with van der Waals surface area (Å²) < 4.78 is 6.71. The summed E-state index contributed by atoms with van der Waals surface area (Å²) in [5.41, 5.74) is 0.821. The third-order valence-corrected chi connectivity index (χ3v) is 4.78. The highest BCUT2D eigenvalue weighted by molar-refractivity contribution is 7.08. The van der Waals surface area contributed by atoms with Crippen LogP contribution in [0.1, 0.15) is 22.2 Å². The van der Waals surface area contributed by atoms with Gasteiger partial charge in [-0.15, -0.1) is 0 Å². The highest BCUT2D eigenvalue weighted by Crippen LogP contribution is 2.28. The normalized spacial score (nSPS) is 14.6. The first-order chi connectivity index (χ1) is 11.6. The van der Waals surface area contributed by atoms with Crippen molar-refractivity contribution in [2.45, 2.75) is 5.92 Å². The summed E-state index contributed by atoms with van der Waals surface area (Å²) in [4.78, 5) is 30.5. The average Bonchev–Trinajstić information content (AvgIpc) is 3.19. The van der Waals surface area contributed by atoms with E-state index < -0.39 is 0 Å². The lowest BCUT2D eigenvalue weighted by atomic mass is 9.99. The van der Waals surface area contributed by atoms with Crippen molar-refractivity contribution in [1.82, 2.24) is 19.6 Å². The van der Waals surface area contributed by atoms with Gasteiger partial charge in [-0.3, -0.25) is 9.59 Å². The first kappa shape index (κ1) is 14.8. The maximum atomic E-state index is 12.4. The minimum atomic E-state index is -0.288. The summed E-state index contributed by atoms with van der Waals surface area (Å²) in [6, 6.07) is 5.18. The summed E-state index contributed by atoms with van der Waals surface area (Å²) in [6.45, 7) is 0.949. The quantitative estimate of drug-likeness (QED) is 0.724. The number of amides is 1. The van der Waals surface area contributed by atoms with E-state index in [-0.39, 0.29) is 22.9 Å². The van der Waals surface area contributed by atoms with Crippen molar-refractivity contribution in [2.75, 3.05) is 13.1 Å². The van der Waals surface area contributed by atoms with Crippen LogP contribution in [-0.4, -0.2) is 38.6 Å². The first-order valence-corrected chi connectivity index (χ1v) is 8.39. The van der Waals surface area contributed by atoms with E-state index in [1.165, 1.54) is 4.57 Å². The van der Waals surface area contributed by atoms with Crippen LogP contribution in [0.4, 0.5) is 0 Å². The highest BCUT2D eigenvalue weighted by atomic mass is 32.1. The summed E-state index contributed by atoms with van der Waals surface area (Å²) >= 11 is 1.57. The van der Waals surface area contributed by atoms with Gasteiger partial charge in [-0.05, 0) is 23.6 Å². The predicted molar refractivity (Wildman–Crippen MR) is 87.9 cm³/mol. The molecule has 1 aliphatic rings. The minimum Gasteiger partial charge on any atom is -0.339 e. The van der Waals surface area contributed by atoms with Crippen molar-refractivity contribution in [2.24, 2.45) is 7.05 Å². The van der Waals surface area contributed by atoms with E-state index in [1.807, 2.05) is 16.8 Å². The molecule has 1 amide bonds. The summed E-state index contributed by atoms with van der Waals surface area (Å²) in [5, 5.41) is 7.89. The second-order valence-corrected chi connectivity index (χ2v) is 6.49. The molecule has 0 atom stereocenters. The number of hydrogen-bond acceptors (Lipinski definition) is 6. The van der Waals surface area contributed by atoms with Gasteiger partial charge in [0.25, 0.3) is 11.5 Å². The van der Waals surface area contributed by atoms with E-state index in [1.54, 1.807) is 41.6 Å². The topological polar surface area (TPSA) is 81.2 Å². The Morgan fingerprint density at radius 2 is 2.21 bits per heavy atom. The highest BCUT2D eigenvalue weighted by Gasteiger charge is 2.36. The number of carbonyl (C=O) groups is 1. The number of pyridine rings is 1. The van der Waals surface area contributed by atoms with Gasteiger partial charge in [-0.1, -0.05) is 5.16 Å². The van der Waals surface area contributed by atoms with Gasteiger partial charge in [-0.25, -0.2) is 0 Å². The fourth-order valence-corrected chi connectivity index (χ4v) is 3.28. The van der Waals surface area contributed by atoms with Gasteiger partial charge < -0.3 is 14.0 Å². The number of aryl methyl sites for hydroxylation is 1. The van der Waals surface area contributed by atoms with Crippen LogP contribution in [-0.2, 0) is 7.05 Å². The Morgan fingerprint density at radius 1 is 1.38 bits per heavy atom. The van der Waals surface area contributed by atoms with Crippen LogP contribution in [0.2, 0.25) is 0 Å². The van der Waals surface area contributed by atoms with E-state index in [2.05, 4.69) is 10.1 Å². The van der Waals surface area contributed by atoms with E-state index >= 15 is 0 Å². The van der Waals surface area contributed by atoms with Crippen LogP contribution in [0.25, 0.3) is 11.4 Å². The average molecular weight is 342 g/mol.